The second kappa shape index (κ2) is 3.49. The van der Waals surface area contributed by atoms with Crippen molar-refractivity contribution in [2.45, 2.75) is 43.4 Å². The number of nitrogens with zero attached hydrogens (tertiary/aromatic N) is 2. The summed E-state index contributed by atoms with van der Waals surface area (Å²) in [6, 6.07) is 0.127. The van der Waals surface area contributed by atoms with Crippen LogP contribution in [0.1, 0.15) is 31.7 Å². The van der Waals surface area contributed by atoms with Crippen molar-refractivity contribution in [1.29, 1.82) is 0 Å². The molecule has 4 nitrogen and oxygen atoms in total. The van der Waals surface area contributed by atoms with Crippen LogP contribution in [-0.2, 0) is 0 Å². The van der Waals surface area contributed by atoms with E-state index in [0.717, 1.165) is 12.8 Å². The van der Waals surface area contributed by atoms with Crippen molar-refractivity contribution in [3.8, 4) is 0 Å². The highest BCUT2D eigenvalue weighted by Gasteiger charge is 2.64. The van der Waals surface area contributed by atoms with E-state index < -0.39 is 17.3 Å². The highest BCUT2D eigenvalue weighted by atomic mass is 19.4. The van der Waals surface area contributed by atoms with Crippen molar-refractivity contribution in [2.24, 2.45) is 0 Å². The molecule has 2 aliphatic rings. The lowest BCUT2D eigenvalue weighted by Crippen LogP contribution is -2.41. The van der Waals surface area contributed by atoms with Crippen molar-refractivity contribution >= 4 is 5.82 Å². The summed E-state index contributed by atoms with van der Waals surface area (Å²) in [4.78, 5) is 15.7. The van der Waals surface area contributed by atoms with Gasteiger partial charge in [0.15, 0.2) is 5.82 Å². The van der Waals surface area contributed by atoms with Gasteiger partial charge in [-0.1, -0.05) is 0 Å². The van der Waals surface area contributed by atoms with Gasteiger partial charge in [0, 0.05) is 18.4 Å². The molecule has 0 amide bonds. The Morgan fingerprint density at radius 2 is 2.06 bits per heavy atom. The maximum atomic E-state index is 12.8. The molecular weight excluding hydrogens is 247 g/mol. The van der Waals surface area contributed by atoms with E-state index >= 15 is 0 Å². The van der Waals surface area contributed by atoms with E-state index in [4.69, 9.17) is 0 Å². The lowest BCUT2D eigenvalue weighted by molar-refractivity contribution is -0.151. The zero-order valence-corrected chi connectivity index (χ0v) is 9.50. The number of hydrogen-bond donors (Lipinski definition) is 1. The maximum Gasteiger partial charge on any atom is 0.411 e. The largest absolute Gasteiger partial charge is 0.411 e. The molecule has 0 unspecified atom stereocenters. The first-order chi connectivity index (χ1) is 8.43. The molecule has 3 rings (SSSR count). The lowest BCUT2D eigenvalue weighted by Gasteiger charge is -2.21. The molecule has 2 saturated carbocycles. The summed E-state index contributed by atoms with van der Waals surface area (Å²) in [7, 11) is 0. The molecule has 0 radical (unpaired) electrons. The van der Waals surface area contributed by atoms with Gasteiger partial charge in [-0.3, -0.25) is 4.79 Å². The third kappa shape index (κ3) is 1.77. The quantitative estimate of drug-likeness (QED) is 0.904. The second-order valence-electron chi connectivity index (χ2n) is 4.92. The predicted octanol–water partition coefficient (Wildman–Crippen LogP) is 2.08. The van der Waals surface area contributed by atoms with Crippen LogP contribution in [0.2, 0.25) is 0 Å². The normalized spacial score (nSPS) is 21.7. The SMILES string of the molecule is O=c1c(NC2(C(F)(F)F)CC2)nccn1C1CC1. The molecule has 2 fully saturated rings. The van der Waals surface area contributed by atoms with Crippen LogP contribution in [0, 0.1) is 0 Å². The van der Waals surface area contributed by atoms with E-state index in [1.165, 1.54) is 17.0 Å². The Balaban J connectivity index is 1.90. The Morgan fingerprint density at radius 1 is 1.39 bits per heavy atom. The molecular formula is C11H12F3N3O. The predicted molar refractivity (Wildman–Crippen MR) is 58.4 cm³/mol. The maximum absolute atomic E-state index is 12.8. The first-order valence-electron chi connectivity index (χ1n) is 5.85. The number of aromatic nitrogens is 2. The molecule has 0 aliphatic heterocycles. The van der Waals surface area contributed by atoms with E-state index in [2.05, 4.69) is 10.3 Å². The minimum Gasteiger partial charge on any atom is -0.352 e. The number of alkyl halides is 3. The van der Waals surface area contributed by atoms with E-state index in [1.54, 1.807) is 0 Å². The summed E-state index contributed by atoms with van der Waals surface area (Å²) >= 11 is 0. The fourth-order valence-corrected chi connectivity index (χ4v) is 1.98. The fourth-order valence-electron chi connectivity index (χ4n) is 1.98. The van der Waals surface area contributed by atoms with Gasteiger partial charge in [0.05, 0.1) is 0 Å². The van der Waals surface area contributed by atoms with Crippen molar-refractivity contribution in [3.05, 3.63) is 22.7 Å². The third-order valence-electron chi connectivity index (χ3n) is 3.46. The van der Waals surface area contributed by atoms with Crippen LogP contribution < -0.4 is 10.9 Å². The number of anilines is 1. The highest BCUT2D eigenvalue weighted by Crippen LogP contribution is 2.50. The Bertz CT molecular complexity index is 529. The molecule has 7 heteroatoms. The van der Waals surface area contributed by atoms with Gasteiger partial charge >= 0.3 is 6.18 Å². The number of hydrogen-bond acceptors (Lipinski definition) is 3. The van der Waals surface area contributed by atoms with Gasteiger partial charge in [-0.05, 0) is 25.7 Å². The summed E-state index contributed by atoms with van der Waals surface area (Å²) < 4.78 is 39.8. The molecule has 18 heavy (non-hydrogen) atoms. The molecule has 1 heterocycles. The van der Waals surface area contributed by atoms with Crippen molar-refractivity contribution in [3.63, 3.8) is 0 Å². The molecule has 1 aromatic rings. The summed E-state index contributed by atoms with van der Waals surface area (Å²) in [6.45, 7) is 0. The first-order valence-corrected chi connectivity index (χ1v) is 5.85. The molecule has 1 aromatic heterocycles. The van der Waals surface area contributed by atoms with Crippen molar-refractivity contribution in [1.82, 2.24) is 9.55 Å². The van der Waals surface area contributed by atoms with Crippen LogP contribution in [0.15, 0.2) is 17.2 Å². The molecule has 0 saturated heterocycles. The van der Waals surface area contributed by atoms with Crippen molar-refractivity contribution in [2.75, 3.05) is 5.32 Å². The number of nitrogens with one attached hydrogen (secondary N) is 1. The zero-order chi connectivity index (χ0) is 13.0. The van der Waals surface area contributed by atoms with Gasteiger partial charge < -0.3 is 9.88 Å². The Hall–Kier alpha value is -1.53. The minimum absolute atomic E-state index is 0.00402. The Morgan fingerprint density at radius 3 is 2.56 bits per heavy atom. The monoisotopic (exact) mass is 259 g/mol. The van der Waals surface area contributed by atoms with Gasteiger partial charge in [-0.15, -0.1) is 0 Å². The first kappa shape index (κ1) is 11.6. The summed E-state index contributed by atoms with van der Waals surface area (Å²) in [5, 5.41) is 2.29. The Labute approximate surface area is 101 Å². The third-order valence-corrected chi connectivity index (χ3v) is 3.46. The van der Waals surface area contributed by atoms with E-state index in [1.807, 2.05) is 0 Å². The second-order valence-corrected chi connectivity index (χ2v) is 4.92. The lowest BCUT2D eigenvalue weighted by atomic mass is 10.2. The van der Waals surface area contributed by atoms with Crippen LogP contribution >= 0.6 is 0 Å². The number of halogens is 3. The molecule has 2 aliphatic carbocycles. The molecule has 0 aromatic carbocycles. The average molecular weight is 259 g/mol. The molecule has 0 spiro atoms. The van der Waals surface area contributed by atoms with Crippen LogP contribution in [0.3, 0.4) is 0 Å². The van der Waals surface area contributed by atoms with Crippen LogP contribution in [-0.4, -0.2) is 21.3 Å². The molecule has 98 valence electrons. The molecule has 0 bridgehead atoms. The van der Waals surface area contributed by atoms with Crippen LogP contribution in [0.25, 0.3) is 0 Å². The van der Waals surface area contributed by atoms with E-state index in [-0.39, 0.29) is 24.7 Å². The van der Waals surface area contributed by atoms with Gasteiger partial charge in [-0.2, -0.15) is 13.2 Å². The van der Waals surface area contributed by atoms with Gasteiger partial charge in [-0.25, -0.2) is 4.98 Å². The minimum atomic E-state index is -4.35. The molecule has 0 atom stereocenters. The fraction of sp³-hybridized carbons (Fsp3) is 0.636. The highest BCUT2D eigenvalue weighted by molar-refractivity contribution is 5.40. The smallest absolute Gasteiger partial charge is 0.352 e. The summed E-state index contributed by atoms with van der Waals surface area (Å²) in [5.74, 6) is -0.195. The van der Waals surface area contributed by atoms with Crippen LogP contribution in [0.5, 0.6) is 0 Å². The van der Waals surface area contributed by atoms with E-state index in [9.17, 15) is 18.0 Å². The number of rotatable bonds is 3. The Kier molecular flexibility index (Phi) is 2.24. The van der Waals surface area contributed by atoms with Crippen LogP contribution in [0.4, 0.5) is 19.0 Å². The van der Waals surface area contributed by atoms with Gasteiger partial charge in [0.2, 0.25) is 0 Å². The molecule has 1 N–H and O–H groups in total. The zero-order valence-electron chi connectivity index (χ0n) is 9.50. The summed E-state index contributed by atoms with van der Waals surface area (Å²) in [5.41, 5.74) is -2.41. The summed E-state index contributed by atoms with van der Waals surface area (Å²) in [6.07, 6.45) is 0.335. The standard InChI is InChI=1S/C11H12F3N3O/c12-11(13,14)10(3-4-10)16-8-9(18)17(6-5-15-8)7-1-2-7/h5-7H,1-4H2,(H,15,16). The van der Waals surface area contributed by atoms with Gasteiger partial charge in [0.1, 0.15) is 5.54 Å². The van der Waals surface area contributed by atoms with Gasteiger partial charge in [0.25, 0.3) is 5.56 Å². The topological polar surface area (TPSA) is 46.9 Å². The average Bonchev–Trinajstić information content (AvgIpc) is 3.11. The van der Waals surface area contributed by atoms with E-state index in [0.29, 0.717) is 0 Å². The van der Waals surface area contributed by atoms with Crippen molar-refractivity contribution < 1.29 is 13.2 Å².